The SMILES string of the molecule is COc1ccc(NC(=O)[C@@H]2Oc3c(c(=O)oc4ccccc34)[C@@H]2c2cc(OC)c(O)c(OC)c2)cc1. The van der Waals surface area contributed by atoms with Crippen LogP contribution in [0.25, 0.3) is 11.0 Å². The second-order valence-corrected chi connectivity index (χ2v) is 8.14. The molecule has 1 aliphatic rings. The first-order chi connectivity index (χ1) is 17.4. The number of hydrogen-bond acceptors (Lipinski definition) is 8. The number of aromatic hydroxyl groups is 1. The Hall–Kier alpha value is -4.66. The second-order valence-electron chi connectivity index (χ2n) is 8.14. The molecule has 0 bridgehead atoms. The number of amides is 1. The summed E-state index contributed by atoms with van der Waals surface area (Å²) in [5, 5.41) is 13.8. The van der Waals surface area contributed by atoms with Crippen molar-refractivity contribution >= 4 is 22.6 Å². The number of para-hydroxylation sites is 1. The maximum Gasteiger partial charge on any atom is 0.344 e. The number of rotatable bonds is 6. The number of methoxy groups -OCH3 is 3. The highest BCUT2D eigenvalue weighted by Crippen LogP contribution is 2.48. The summed E-state index contributed by atoms with van der Waals surface area (Å²) >= 11 is 0. The maximum absolute atomic E-state index is 13.5. The van der Waals surface area contributed by atoms with Gasteiger partial charge in [0.05, 0.1) is 38.2 Å². The van der Waals surface area contributed by atoms with E-state index in [0.29, 0.717) is 28.0 Å². The lowest BCUT2D eigenvalue weighted by Crippen LogP contribution is -2.35. The molecule has 0 spiro atoms. The van der Waals surface area contributed by atoms with Crippen molar-refractivity contribution in [2.75, 3.05) is 26.6 Å². The lowest BCUT2D eigenvalue weighted by molar-refractivity contribution is -0.122. The van der Waals surface area contributed by atoms with Gasteiger partial charge in [-0.05, 0) is 54.1 Å². The smallest absolute Gasteiger partial charge is 0.344 e. The summed E-state index contributed by atoms with van der Waals surface area (Å²) in [6.07, 6.45) is -1.13. The van der Waals surface area contributed by atoms with E-state index < -0.39 is 23.6 Å². The summed E-state index contributed by atoms with van der Waals surface area (Å²) in [6.45, 7) is 0. The van der Waals surface area contributed by atoms with E-state index >= 15 is 0 Å². The van der Waals surface area contributed by atoms with Gasteiger partial charge in [0, 0.05) is 5.69 Å². The number of nitrogens with one attached hydrogen (secondary N) is 1. The molecule has 0 saturated carbocycles. The Morgan fingerprint density at radius 3 is 2.25 bits per heavy atom. The lowest BCUT2D eigenvalue weighted by atomic mass is 9.87. The molecule has 3 aromatic carbocycles. The van der Waals surface area contributed by atoms with Crippen molar-refractivity contribution in [2.24, 2.45) is 0 Å². The third-order valence-electron chi connectivity index (χ3n) is 6.13. The summed E-state index contributed by atoms with van der Waals surface area (Å²) in [6, 6.07) is 16.9. The summed E-state index contributed by atoms with van der Waals surface area (Å²) in [7, 11) is 4.35. The molecular formula is C27H23NO8. The molecule has 0 saturated heterocycles. The Morgan fingerprint density at radius 1 is 0.944 bits per heavy atom. The van der Waals surface area contributed by atoms with Gasteiger partial charge in [0.15, 0.2) is 17.6 Å². The number of carbonyl (C=O) groups excluding carboxylic acids is 1. The quantitative estimate of drug-likeness (QED) is 0.390. The van der Waals surface area contributed by atoms with Crippen LogP contribution in [0.5, 0.6) is 28.7 Å². The number of ether oxygens (including phenoxy) is 4. The molecule has 1 aromatic heterocycles. The van der Waals surface area contributed by atoms with Gasteiger partial charge in [-0.3, -0.25) is 4.79 Å². The van der Waals surface area contributed by atoms with Crippen molar-refractivity contribution in [3.05, 3.63) is 82.2 Å². The van der Waals surface area contributed by atoms with Gasteiger partial charge in [-0.15, -0.1) is 0 Å². The number of fused-ring (bicyclic) bond motifs is 3. The summed E-state index contributed by atoms with van der Waals surface area (Å²) < 4.78 is 27.5. The van der Waals surface area contributed by atoms with E-state index in [1.807, 2.05) is 0 Å². The lowest BCUT2D eigenvalue weighted by Gasteiger charge is -2.20. The summed E-state index contributed by atoms with van der Waals surface area (Å²) in [5.74, 6) is -0.392. The van der Waals surface area contributed by atoms with Gasteiger partial charge in [-0.1, -0.05) is 12.1 Å². The van der Waals surface area contributed by atoms with Crippen LogP contribution in [0.2, 0.25) is 0 Å². The van der Waals surface area contributed by atoms with E-state index in [4.69, 9.17) is 23.4 Å². The number of carbonyl (C=O) groups is 1. The van der Waals surface area contributed by atoms with Crippen LogP contribution >= 0.6 is 0 Å². The fraction of sp³-hybridized carbons (Fsp3) is 0.185. The average molecular weight is 489 g/mol. The van der Waals surface area contributed by atoms with Gasteiger partial charge in [0.2, 0.25) is 5.75 Å². The van der Waals surface area contributed by atoms with Crippen LogP contribution in [0.3, 0.4) is 0 Å². The van der Waals surface area contributed by atoms with Crippen molar-refractivity contribution < 1.29 is 33.3 Å². The van der Waals surface area contributed by atoms with Crippen molar-refractivity contribution in [2.45, 2.75) is 12.0 Å². The van der Waals surface area contributed by atoms with Gasteiger partial charge < -0.3 is 33.8 Å². The predicted molar refractivity (Wildman–Crippen MR) is 132 cm³/mol. The molecule has 184 valence electrons. The maximum atomic E-state index is 13.5. The zero-order valence-electron chi connectivity index (χ0n) is 19.7. The minimum Gasteiger partial charge on any atom is -0.502 e. The molecule has 0 fully saturated rings. The molecule has 0 aliphatic carbocycles. The Bertz CT molecular complexity index is 1480. The predicted octanol–water partition coefficient (Wildman–Crippen LogP) is 4.06. The Balaban J connectivity index is 1.65. The van der Waals surface area contributed by atoms with Crippen molar-refractivity contribution in [3.8, 4) is 28.7 Å². The van der Waals surface area contributed by atoms with E-state index in [1.165, 1.54) is 14.2 Å². The standard InChI is InChI=1S/C27H23NO8/c1-32-16-10-8-15(9-11-16)28-26(30)25-21(14-12-19(33-2)23(29)20(13-14)34-3)22-24(36-25)17-6-4-5-7-18(17)35-27(22)31/h4-13,21,25,29H,1-3H3,(H,28,30)/t21-,25+/m0/s1. The minimum absolute atomic E-state index is 0.122. The summed E-state index contributed by atoms with van der Waals surface area (Å²) in [4.78, 5) is 26.7. The summed E-state index contributed by atoms with van der Waals surface area (Å²) in [5.41, 5.74) is 0.907. The van der Waals surface area contributed by atoms with E-state index in [2.05, 4.69) is 5.32 Å². The van der Waals surface area contributed by atoms with E-state index in [9.17, 15) is 14.7 Å². The molecule has 1 aliphatic heterocycles. The molecule has 2 atom stereocenters. The average Bonchev–Trinajstić information content (AvgIpc) is 3.31. The van der Waals surface area contributed by atoms with Gasteiger partial charge >= 0.3 is 5.63 Å². The number of hydrogen-bond donors (Lipinski definition) is 2. The highest BCUT2D eigenvalue weighted by Gasteiger charge is 2.45. The Kier molecular flexibility index (Phi) is 5.89. The van der Waals surface area contributed by atoms with Crippen LogP contribution in [-0.4, -0.2) is 38.4 Å². The Labute approximate surface area is 205 Å². The van der Waals surface area contributed by atoms with Crippen molar-refractivity contribution in [1.82, 2.24) is 0 Å². The first kappa shape index (κ1) is 23.1. The molecule has 1 amide bonds. The molecule has 0 radical (unpaired) electrons. The molecule has 5 rings (SSSR count). The number of anilines is 1. The van der Waals surface area contributed by atoms with E-state index in [-0.39, 0.29) is 28.6 Å². The molecule has 2 N–H and O–H groups in total. The highest BCUT2D eigenvalue weighted by molar-refractivity contribution is 5.97. The molecule has 4 aromatic rings. The molecule has 36 heavy (non-hydrogen) atoms. The van der Waals surface area contributed by atoms with Gasteiger partial charge in [0.1, 0.15) is 17.1 Å². The van der Waals surface area contributed by atoms with Gasteiger partial charge in [0.25, 0.3) is 5.91 Å². The molecule has 9 heteroatoms. The van der Waals surface area contributed by atoms with Gasteiger partial charge in [-0.2, -0.15) is 0 Å². The molecule has 0 unspecified atom stereocenters. The fourth-order valence-electron chi connectivity index (χ4n) is 4.40. The molecule has 9 nitrogen and oxygen atoms in total. The van der Waals surface area contributed by atoms with Crippen LogP contribution in [0.4, 0.5) is 5.69 Å². The first-order valence-electron chi connectivity index (χ1n) is 11.1. The third-order valence-corrected chi connectivity index (χ3v) is 6.13. The van der Waals surface area contributed by atoms with E-state index in [1.54, 1.807) is 67.8 Å². The second kappa shape index (κ2) is 9.18. The van der Waals surface area contributed by atoms with Crippen LogP contribution in [0.15, 0.2) is 69.9 Å². The zero-order chi connectivity index (χ0) is 25.4. The normalized spacial score (nSPS) is 16.2. The van der Waals surface area contributed by atoms with Crippen LogP contribution in [0, 0.1) is 0 Å². The van der Waals surface area contributed by atoms with Crippen LogP contribution in [0.1, 0.15) is 17.0 Å². The van der Waals surface area contributed by atoms with Crippen molar-refractivity contribution in [1.29, 1.82) is 0 Å². The number of phenolic OH excluding ortho intramolecular Hbond substituents is 1. The van der Waals surface area contributed by atoms with Gasteiger partial charge in [-0.25, -0.2) is 4.79 Å². The number of benzene rings is 3. The van der Waals surface area contributed by atoms with Crippen LogP contribution < -0.4 is 29.9 Å². The van der Waals surface area contributed by atoms with Crippen molar-refractivity contribution in [3.63, 3.8) is 0 Å². The first-order valence-corrected chi connectivity index (χ1v) is 11.1. The van der Waals surface area contributed by atoms with E-state index in [0.717, 1.165) is 0 Å². The number of phenols is 1. The minimum atomic E-state index is -1.13. The highest BCUT2D eigenvalue weighted by atomic mass is 16.5. The molecular weight excluding hydrogens is 466 g/mol. The topological polar surface area (TPSA) is 116 Å². The van der Waals surface area contributed by atoms with Crippen LogP contribution in [-0.2, 0) is 4.79 Å². The monoisotopic (exact) mass is 489 g/mol. The zero-order valence-corrected chi connectivity index (χ0v) is 19.7. The largest absolute Gasteiger partial charge is 0.502 e. The Morgan fingerprint density at radius 2 is 1.61 bits per heavy atom. The molecule has 2 heterocycles. The fourth-order valence-corrected chi connectivity index (χ4v) is 4.40. The third kappa shape index (κ3) is 3.84.